The van der Waals surface area contributed by atoms with E-state index in [1.807, 2.05) is 18.5 Å². The molecular formula is C13H16N2. The summed E-state index contributed by atoms with van der Waals surface area (Å²) < 4.78 is 0. The van der Waals surface area contributed by atoms with Crippen LogP contribution in [0.1, 0.15) is 18.4 Å². The number of hydrogen-bond acceptors (Lipinski definition) is 2. The predicted octanol–water partition coefficient (Wildman–Crippen LogP) is 2.19. The van der Waals surface area contributed by atoms with E-state index < -0.39 is 0 Å². The molecule has 2 heteroatoms. The van der Waals surface area contributed by atoms with Crippen LogP contribution in [-0.2, 0) is 0 Å². The van der Waals surface area contributed by atoms with Crippen LogP contribution in [0.3, 0.4) is 0 Å². The summed E-state index contributed by atoms with van der Waals surface area (Å²) in [6, 6.07) is 4.14. The summed E-state index contributed by atoms with van der Waals surface area (Å²) in [6.45, 7) is 3.76. The highest BCUT2D eigenvalue weighted by atomic mass is 15.2. The highest BCUT2D eigenvalue weighted by Crippen LogP contribution is 2.32. The van der Waals surface area contributed by atoms with Gasteiger partial charge in [0.05, 0.1) is 0 Å². The number of pyridine rings is 1. The van der Waals surface area contributed by atoms with Gasteiger partial charge < -0.3 is 0 Å². The van der Waals surface area contributed by atoms with E-state index in [2.05, 4.69) is 22.0 Å². The maximum atomic E-state index is 4.15. The maximum Gasteiger partial charge on any atom is 0.0340 e. The average molecular weight is 200 g/mol. The van der Waals surface area contributed by atoms with Gasteiger partial charge in [-0.15, -0.1) is 0 Å². The van der Waals surface area contributed by atoms with E-state index in [9.17, 15) is 0 Å². The zero-order chi connectivity index (χ0) is 10.1. The van der Waals surface area contributed by atoms with E-state index in [1.54, 1.807) is 5.57 Å². The number of aromatic nitrogens is 1. The van der Waals surface area contributed by atoms with Crippen molar-refractivity contribution in [1.82, 2.24) is 9.88 Å². The maximum absolute atomic E-state index is 4.15. The van der Waals surface area contributed by atoms with Gasteiger partial charge in [-0.2, -0.15) is 0 Å². The Kier molecular flexibility index (Phi) is 2.29. The van der Waals surface area contributed by atoms with Crippen molar-refractivity contribution in [3.05, 3.63) is 35.7 Å². The highest BCUT2D eigenvalue weighted by molar-refractivity contribution is 5.53. The van der Waals surface area contributed by atoms with Gasteiger partial charge in [-0.05, 0) is 36.9 Å². The minimum Gasteiger partial charge on any atom is -0.299 e. The number of nitrogens with zero attached hydrogens (tertiary/aromatic N) is 2. The van der Waals surface area contributed by atoms with Gasteiger partial charge in [0.15, 0.2) is 0 Å². The summed E-state index contributed by atoms with van der Waals surface area (Å²) in [5.41, 5.74) is 2.86. The fraction of sp³-hybridized carbons (Fsp3) is 0.462. The first-order valence-electron chi connectivity index (χ1n) is 5.75. The Morgan fingerprint density at radius 3 is 3.27 bits per heavy atom. The molecular weight excluding hydrogens is 184 g/mol. The summed E-state index contributed by atoms with van der Waals surface area (Å²) in [5.74, 6) is 0.818. The lowest BCUT2D eigenvalue weighted by atomic mass is 9.95. The van der Waals surface area contributed by atoms with Gasteiger partial charge in [-0.3, -0.25) is 9.88 Å². The van der Waals surface area contributed by atoms with E-state index in [0.717, 1.165) is 5.92 Å². The molecule has 2 atom stereocenters. The van der Waals surface area contributed by atoms with E-state index in [1.165, 1.54) is 38.0 Å². The van der Waals surface area contributed by atoms with Gasteiger partial charge in [-0.1, -0.05) is 17.7 Å². The van der Waals surface area contributed by atoms with Crippen LogP contribution in [0.25, 0.3) is 6.08 Å². The second-order valence-electron chi connectivity index (χ2n) is 4.58. The Morgan fingerprint density at radius 2 is 2.47 bits per heavy atom. The van der Waals surface area contributed by atoms with Gasteiger partial charge in [0.25, 0.3) is 0 Å². The van der Waals surface area contributed by atoms with Crippen molar-refractivity contribution in [2.45, 2.75) is 12.8 Å². The monoisotopic (exact) mass is 200 g/mol. The molecule has 0 spiro atoms. The lowest BCUT2D eigenvalue weighted by Crippen LogP contribution is -2.25. The van der Waals surface area contributed by atoms with Crippen LogP contribution >= 0.6 is 0 Å². The molecule has 3 rings (SSSR count). The lowest BCUT2D eigenvalue weighted by Gasteiger charge is -2.20. The molecule has 2 aliphatic rings. The molecule has 78 valence electrons. The molecule has 0 saturated carbocycles. The second kappa shape index (κ2) is 3.78. The molecule has 2 bridgehead atoms. The molecule has 2 nitrogen and oxygen atoms in total. The van der Waals surface area contributed by atoms with Crippen molar-refractivity contribution >= 4 is 6.08 Å². The Bertz CT molecular complexity index is 369. The normalized spacial score (nSPS) is 32.1. The van der Waals surface area contributed by atoms with E-state index in [0.29, 0.717) is 0 Å². The SMILES string of the molecule is C(=C1\CN2CCC[C@H]1C2)/c1cccnc1. The smallest absolute Gasteiger partial charge is 0.0340 e. The van der Waals surface area contributed by atoms with Crippen molar-refractivity contribution in [2.75, 3.05) is 19.6 Å². The van der Waals surface area contributed by atoms with Crippen LogP contribution in [0.2, 0.25) is 0 Å². The predicted molar refractivity (Wildman–Crippen MR) is 61.4 cm³/mol. The number of hydrogen-bond donors (Lipinski definition) is 0. The molecule has 0 aliphatic carbocycles. The van der Waals surface area contributed by atoms with Gasteiger partial charge in [0, 0.05) is 25.5 Å². The van der Waals surface area contributed by atoms with Crippen LogP contribution < -0.4 is 0 Å². The molecule has 1 aromatic rings. The van der Waals surface area contributed by atoms with Crippen LogP contribution in [0.15, 0.2) is 30.1 Å². The molecule has 15 heavy (non-hydrogen) atoms. The number of fused-ring (bicyclic) bond motifs is 2. The summed E-state index contributed by atoms with van der Waals surface area (Å²) >= 11 is 0. The Hall–Kier alpha value is -1.15. The zero-order valence-electron chi connectivity index (χ0n) is 8.89. The molecule has 0 aromatic carbocycles. The van der Waals surface area contributed by atoms with Gasteiger partial charge >= 0.3 is 0 Å². The summed E-state index contributed by atoms with van der Waals surface area (Å²) in [6.07, 6.45) is 8.86. The van der Waals surface area contributed by atoms with Crippen LogP contribution in [0, 0.1) is 5.92 Å². The van der Waals surface area contributed by atoms with Crippen molar-refractivity contribution < 1.29 is 0 Å². The zero-order valence-corrected chi connectivity index (χ0v) is 8.89. The van der Waals surface area contributed by atoms with E-state index >= 15 is 0 Å². The molecule has 2 aliphatic heterocycles. The molecule has 2 saturated heterocycles. The summed E-state index contributed by atoms with van der Waals surface area (Å²) in [5, 5.41) is 0. The quantitative estimate of drug-likeness (QED) is 0.691. The Morgan fingerprint density at radius 1 is 1.47 bits per heavy atom. The highest BCUT2D eigenvalue weighted by Gasteiger charge is 2.30. The molecule has 1 aromatic heterocycles. The Balaban J connectivity index is 1.85. The van der Waals surface area contributed by atoms with Gasteiger partial charge in [-0.25, -0.2) is 0 Å². The van der Waals surface area contributed by atoms with Gasteiger partial charge in [0.1, 0.15) is 0 Å². The van der Waals surface area contributed by atoms with E-state index in [-0.39, 0.29) is 0 Å². The van der Waals surface area contributed by atoms with Crippen molar-refractivity contribution in [3.63, 3.8) is 0 Å². The third-order valence-electron chi connectivity index (χ3n) is 3.47. The molecule has 2 fully saturated rings. The fourth-order valence-electron chi connectivity index (χ4n) is 2.73. The van der Waals surface area contributed by atoms with Crippen molar-refractivity contribution in [2.24, 2.45) is 5.92 Å². The first-order valence-corrected chi connectivity index (χ1v) is 5.75. The van der Waals surface area contributed by atoms with Crippen molar-refractivity contribution in [1.29, 1.82) is 0 Å². The minimum atomic E-state index is 0.818. The summed E-state index contributed by atoms with van der Waals surface area (Å²) in [7, 11) is 0. The minimum absolute atomic E-state index is 0.818. The average Bonchev–Trinajstić information content (AvgIpc) is 2.55. The summed E-state index contributed by atoms with van der Waals surface area (Å²) in [4.78, 5) is 6.72. The number of rotatable bonds is 1. The third-order valence-corrected chi connectivity index (χ3v) is 3.47. The van der Waals surface area contributed by atoms with E-state index in [4.69, 9.17) is 0 Å². The third kappa shape index (κ3) is 1.82. The van der Waals surface area contributed by atoms with Crippen molar-refractivity contribution in [3.8, 4) is 0 Å². The fourth-order valence-corrected chi connectivity index (χ4v) is 2.73. The molecule has 0 radical (unpaired) electrons. The molecule has 0 N–H and O–H groups in total. The molecule has 1 unspecified atom stereocenters. The van der Waals surface area contributed by atoms with Crippen LogP contribution in [-0.4, -0.2) is 29.5 Å². The van der Waals surface area contributed by atoms with Gasteiger partial charge in [0.2, 0.25) is 0 Å². The largest absolute Gasteiger partial charge is 0.299 e. The first-order chi connectivity index (χ1) is 7.42. The van der Waals surface area contributed by atoms with Crippen LogP contribution in [0.5, 0.6) is 0 Å². The molecule has 3 heterocycles. The molecule has 0 amide bonds. The lowest BCUT2D eigenvalue weighted by molar-refractivity contribution is 0.270. The standard InChI is InChI=1S/C13H16N2/c1-3-11(8-14-5-1)7-13-10-15-6-2-4-12(13)9-15/h1,3,5,7-8,12H,2,4,6,9-10H2/b13-7-/t12-/m0/s1. The first kappa shape index (κ1) is 9.10. The number of piperidine rings is 1. The van der Waals surface area contributed by atoms with Crippen LogP contribution in [0.4, 0.5) is 0 Å². The Labute approximate surface area is 90.6 Å². The second-order valence-corrected chi connectivity index (χ2v) is 4.58. The topological polar surface area (TPSA) is 16.1 Å².